The standard InChI is InChI=1S/C12H13ClN2O5/c1-3-20-11(17)12(2,15(18)19)10(16)14-9-6-4-8(13)5-7-9/h4-7H,3H2,1-2H3,(H,14,16). The Kier molecular flexibility index (Phi) is 5.04. The third-order valence-corrected chi connectivity index (χ3v) is 2.83. The second-order valence-electron chi connectivity index (χ2n) is 4.01. The van der Waals surface area contributed by atoms with Crippen molar-refractivity contribution in [2.75, 3.05) is 11.9 Å². The van der Waals surface area contributed by atoms with Crippen LogP contribution in [0.3, 0.4) is 0 Å². The van der Waals surface area contributed by atoms with Gasteiger partial charge in [-0.3, -0.25) is 14.9 Å². The van der Waals surface area contributed by atoms with Crippen LogP contribution in [0.25, 0.3) is 0 Å². The Hall–Kier alpha value is -2.15. The molecule has 0 saturated carbocycles. The quantitative estimate of drug-likeness (QED) is 0.387. The van der Waals surface area contributed by atoms with Crippen molar-refractivity contribution in [3.63, 3.8) is 0 Å². The first-order chi connectivity index (χ1) is 9.32. The minimum atomic E-state index is -2.50. The van der Waals surface area contributed by atoms with Crippen molar-refractivity contribution in [1.29, 1.82) is 0 Å². The highest BCUT2D eigenvalue weighted by Crippen LogP contribution is 2.18. The molecule has 0 aliphatic heterocycles. The fourth-order valence-electron chi connectivity index (χ4n) is 1.31. The zero-order chi connectivity index (χ0) is 15.3. The Morgan fingerprint density at radius 2 is 1.95 bits per heavy atom. The Morgan fingerprint density at radius 1 is 1.40 bits per heavy atom. The molecule has 0 aliphatic rings. The molecule has 0 aromatic heterocycles. The normalized spacial score (nSPS) is 13.2. The van der Waals surface area contributed by atoms with Crippen LogP contribution in [0.4, 0.5) is 5.69 Å². The van der Waals surface area contributed by atoms with E-state index in [0.29, 0.717) is 5.02 Å². The predicted octanol–water partition coefficient (Wildman–Crippen LogP) is 1.88. The summed E-state index contributed by atoms with van der Waals surface area (Å²) in [6.07, 6.45) is 0. The average Bonchev–Trinajstić information content (AvgIpc) is 2.40. The largest absolute Gasteiger partial charge is 0.460 e. The number of hydrogen-bond donors (Lipinski definition) is 1. The van der Waals surface area contributed by atoms with Crippen molar-refractivity contribution < 1.29 is 19.2 Å². The Labute approximate surface area is 120 Å². The van der Waals surface area contributed by atoms with Crippen molar-refractivity contribution in [1.82, 2.24) is 0 Å². The van der Waals surface area contributed by atoms with Gasteiger partial charge in [0, 0.05) is 22.6 Å². The number of amides is 1. The summed E-state index contributed by atoms with van der Waals surface area (Å²) in [5.74, 6) is -2.29. The molecule has 1 atom stereocenters. The van der Waals surface area contributed by atoms with E-state index in [1.807, 2.05) is 0 Å². The van der Waals surface area contributed by atoms with Crippen molar-refractivity contribution in [2.45, 2.75) is 19.4 Å². The van der Waals surface area contributed by atoms with Gasteiger partial charge in [0.1, 0.15) is 0 Å². The number of hydrogen-bond acceptors (Lipinski definition) is 5. The van der Waals surface area contributed by atoms with Crippen LogP contribution in [0.5, 0.6) is 0 Å². The molecule has 1 aromatic rings. The second-order valence-corrected chi connectivity index (χ2v) is 4.45. The number of esters is 1. The first-order valence-corrected chi connectivity index (χ1v) is 6.09. The van der Waals surface area contributed by atoms with Crippen LogP contribution in [-0.2, 0) is 14.3 Å². The van der Waals surface area contributed by atoms with E-state index in [1.54, 1.807) is 0 Å². The van der Waals surface area contributed by atoms with E-state index in [9.17, 15) is 19.7 Å². The molecule has 1 N–H and O–H groups in total. The van der Waals surface area contributed by atoms with Crippen molar-refractivity contribution in [3.8, 4) is 0 Å². The van der Waals surface area contributed by atoms with Crippen LogP contribution in [0, 0.1) is 10.1 Å². The maximum absolute atomic E-state index is 12.0. The van der Waals surface area contributed by atoms with E-state index in [2.05, 4.69) is 10.1 Å². The van der Waals surface area contributed by atoms with Crippen LogP contribution in [-0.4, -0.2) is 28.9 Å². The highest BCUT2D eigenvalue weighted by atomic mass is 35.5. The van der Waals surface area contributed by atoms with Gasteiger partial charge in [0.15, 0.2) is 0 Å². The molecule has 20 heavy (non-hydrogen) atoms. The number of benzene rings is 1. The van der Waals surface area contributed by atoms with Gasteiger partial charge in [-0.25, -0.2) is 4.79 Å². The number of ether oxygens (including phenoxy) is 1. The van der Waals surface area contributed by atoms with Gasteiger partial charge in [-0.05, 0) is 31.2 Å². The van der Waals surface area contributed by atoms with Gasteiger partial charge in [0.25, 0.3) is 0 Å². The zero-order valence-electron chi connectivity index (χ0n) is 10.9. The minimum Gasteiger partial charge on any atom is -0.460 e. The molecule has 0 saturated heterocycles. The highest BCUT2D eigenvalue weighted by Gasteiger charge is 2.55. The molecule has 1 aromatic carbocycles. The van der Waals surface area contributed by atoms with E-state index in [-0.39, 0.29) is 12.3 Å². The third-order valence-electron chi connectivity index (χ3n) is 2.58. The number of anilines is 1. The van der Waals surface area contributed by atoms with E-state index in [0.717, 1.165) is 6.92 Å². The van der Waals surface area contributed by atoms with Crippen LogP contribution < -0.4 is 5.32 Å². The third kappa shape index (κ3) is 3.24. The summed E-state index contributed by atoms with van der Waals surface area (Å²) in [7, 11) is 0. The average molecular weight is 301 g/mol. The number of nitrogens with one attached hydrogen (secondary N) is 1. The van der Waals surface area contributed by atoms with Crippen molar-refractivity contribution in [2.24, 2.45) is 0 Å². The van der Waals surface area contributed by atoms with Crippen LogP contribution >= 0.6 is 11.6 Å². The number of carbonyl (C=O) groups excluding carboxylic acids is 2. The predicted molar refractivity (Wildman–Crippen MR) is 72.1 cm³/mol. The fraction of sp³-hybridized carbons (Fsp3) is 0.333. The van der Waals surface area contributed by atoms with Gasteiger partial charge in [-0.1, -0.05) is 11.6 Å². The van der Waals surface area contributed by atoms with E-state index in [4.69, 9.17) is 11.6 Å². The molecule has 8 heteroatoms. The molecule has 0 fully saturated rings. The Morgan fingerprint density at radius 3 is 2.40 bits per heavy atom. The summed E-state index contributed by atoms with van der Waals surface area (Å²) in [6, 6.07) is 5.94. The van der Waals surface area contributed by atoms with Crippen LogP contribution in [0.2, 0.25) is 5.02 Å². The summed E-state index contributed by atoms with van der Waals surface area (Å²) in [5, 5.41) is 13.8. The monoisotopic (exact) mass is 300 g/mol. The zero-order valence-corrected chi connectivity index (χ0v) is 11.6. The molecule has 0 radical (unpaired) electrons. The number of carbonyl (C=O) groups is 2. The first kappa shape index (κ1) is 15.9. The molecular weight excluding hydrogens is 288 g/mol. The summed E-state index contributed by atoms with van der Waals surface area (Å²) in [4.78, 5) is 33.7. The molecule has 0 heterocycles. The molecule has 0 aliphatic carbocycles. The molecule has 1 amide bonds. The maximum atomic E-state index is 12.0. The summed E-state index contributed by atoms with van der Waals surface area (Å²) >= 11 is 5.69. The summed E-state index contributed by atoms with van der Waals surface area (Å²) in [5.41, 5.74) is -2.22. The maximum Gasteiger partial charge on any atom is 0.394 e. The number of nitro groups is 1. The van der Waals surface area contributed by atoms with E-state index >= 15 is 0 Å². The van der Waals surface area contributed by atoms with E-state index < -0.39 is 22.3 Å². The molecule has 1 rings (SSSR count). The topological polar surface area (TPSA) is 98.5 Å². The first-order valence-electron chi connectivity index (χ1n) is 5.71. The lowest BCUT2D eigenvalue weighted by Crippen LogP contribution is -2.54. The minimum absolute atomic E-state index is 0.0590. The lowest BCUT2D eigenvalue weighted by Gasteiger charge is -2.18. The second kappa shape index (κ2) is 6.33. The molecule has 1 unspecified atom stereocenters. The number of halogens is 1. The molecule has 0 spiro atoms. The van der Waals surface area contributed by atoms with Gasteiger partial charge in [-0.15, -0.1) is 0 Å². The van der Waals surface area contributed by atoms with Gasteiger partial charge in [0.05, 0.1) is 6.61 Å². The van der Waals surface area contributed by atoms with Crippen molar-refractivity contribution >= 4 is 29.2 Å². The fourth-order valence-corrected chi connectivity index (χ4v) is 1.43. The van der Waals surface area contributed by atoms with Gasteiger partial charge < -0.3 is 10.1 Å². The number of rotatable bonds is 5. The van der Waals surface area contributed by atoms with Gasteiger partial charge in [0.2, 0.25) is 0 Å². The van der Waals surface area contributed by atoms with Crippen molar-refractivity contribution in [3.05, 3.63) is 39.4 Å². The van der Waals surface area contributed by atoms with Gasteiger partial charge >= 0.3 is 17.4 Å². The Bertz CT molecular complexity index is 531. The molecule has 0 bridgehead atoms. The lowest BCUT2D eigenvalue weighted by atomic mass is 10.0. The number of nitrogens with zero attached hydrogens (tertiary/aromatic N) is 1. The molecular formula is C12H13ClN2O5. The smallest absolute Gasteiger partial charge is 0.394 e. The molecule has 7 nitrogen and oxygen atoms in total. The van der Waals surface area contributed by atoms with E-state index in [1.165, 1.54) is 31.2 Å². The van der Waals surface area contributed by atoms with Crippen LogP contribution in [0.15, 0.2) is 24.3 Å². The lowest BCUT2D eigenvalue weighted by molar-refractivity contribution is -0.533. The SMILES string of the molecule is CCOC(=O)C(C)(C(=O)Nc1ccc(Cl)cc1)[N+](=O)[O-]. The highest BCUT2D eigenvalue weighted by molar-refractivity contribution is 6.30. The summed E-state index contributed by atoms with van der Waals surface area (Å²) < 4.78 is 4.58. The summed E-state index contributed by atoms with van der Waals surface area (Å²) in [6.45, 7) is 2.34. The Balaban J connectivity index is 2.98. The van der Waals surface area contributed by atoms with Gasteiger partial charge in [-0.2, -0.15) is 0 Å². The van der Waals surface area contributed by atoms with Crippen LogP contribution in [0.1, 0.15) is 13.8 Å². The molecule has 108 valence electrons.